The normalized spacial score (nSPS) is 23.2. The van der Waals surface area contributed by atoms with Gasteiger partial charge in [0.1, 0.15) is 4.32 Å². The minimum absolute atomic E-state index is 0.0963. The number of carbonyl (C=O) groups excluding carboxylic acids is 1. The summed E-state index contributed by atoms with van der Waals surface area (Å²) in [4.78, 5) is 18.2. The third-order valence-corrected chi connectivity index (χ3v) is 9.02. The Labute approximate surface area is 210 Å². The Hall–Kier alpha value is -1.33. The first kappa shape index (κ1) is 24.8. The number of hydrogen-bond donors (Lipinski definition) is 0. The highest BCUT2D eigenvalue weighted by atomic mass is 32.2. The van der Waals surface area contributed by atoms with Crippen LogP contribution >= 0.6 is 24.0 Å². The second kappa shape index (κ2) is 11.9. The summed E-state index contributed by atoms with van der Waals surface area (Å²) in [5.41, 5.74) is 4.03. The van der Waals surface area contributed by atoms with Crippen molar-refractivity contribution in [3.05, 3.63) is 34.2 Å². The molecular weight excluding hydrogens is 444 g/mol. The number of unbranched alkanes of at least 4 members (excludes halogenated alkanes) is 8. The molecule has 0 radical (unpaired) electrons. The Balaban J connectivity index is 1.30. The van der Waals surface area contributed by atoms with Crippen LogP contribution in [0.3, 0.4) is 0 Å². The molecule has 0 aromatic heterocycles. The van der Waals surface area contributed by atoms with E-state index in [1.165, 1.54) is 93.6 Å². The van der Waals surface area contributed by atoms with E-state index in [1.54, 1.807) is 0 Å². The SMILES string of the molecule is CCCCCCCCCCCN1C(=O)/C(=C\c2ccc3c(c2)C2CCCC2N3CC)SC1=S. The molecule has 180 valence electrons. The van der Waals surface area contributed by atoms with E-state index in [2.05, 4.69) is 43.0 Å². The summed E-state index contributed by atoms with van der Waals surface area (Å²) < 4.78 is 0.722. The molecule has 0 N–H and O–H groups in total. The van der Waals surface area contributed by atoms with Crippen molar-refractivity contribution in [2.24, 2.45) is 0 Å². The number of thiocarbonyl (C=S) groups is 1. The van der Waals surface area contributed by atoms with E-state index in [4.69, 9.17) is 12.2 Å². The lowest BCUT2D eigenvalue weighted by Gasteiger charge is -2.25. The van der Waals surface area contributed by atoms with Crippen LogP contribution in [-0.2, 0) is 4.79 Å². The van der Waals surface area contributed by atoms with Crippen molar-refractivity contribution in [3.63, 3.8) is 0 Å². The number of hydrogen-bond acceptors (Lipinski definition) is 4. The monoisotopic (exact) mass is 484 g/mol. The first-order chi connectivity index (χ1) is 16.1. The van der Waals surface area contributed by atoms with E-state index in [1.807, 2.05) is 4.90 Å². The highest BCUT2D eigenvalue weighted by Gasteiger charge is 2.40. The molecule has 0 spiro atoms. The van der Waals surface area contributed by atoms with Crippen molar-refractivity contribution in [1.29, 1.82) is 0 Å². The second-order valence-corrected chi connectivity index (χ2v) is 11.5. The molecule has 33 heavy (non-hydrogen) atoms. The Morgan fingerprint density at radius 1 is 1.03 bits per heavy atom. The fourth-order valence-corrected chi connectivity index (χ4v) is 7.21. The maximum atomic E-state index is 13.0. The van der Waals surface area contributed by atoms with Crippen molar-refractivity contribution in [2.45, 2.75) is 103 Å². The fraction of sp³-hybridized carbons (Fsp3) is 0.643. The minimum Gasteiger partial charge on any atom is -0.368 e. The van der Waals surface area contributed by atoms with Gasteiger partial charge in [-0.05, 0) is 55.5 Å². The van der Waals surface area contributed by atoms with Gasteiger partial charge in [-0.1, -0.05) is 94.8 Å². The average molecular weight is 485 g/mol. The predicted octanol–water partition coefficient (Wildman–Crippen LogP) is 7.89. The molecule has 2 unspecified atom stereocenters. The Morgan fingerprint density at radius 2 is 1.76 bits per heavy atom. The van der Waals surface area contributed by atoms with Crippen LogP contribution in [0.15, 0.2) is 23.1 Å². The van der Waals surface area contributed by atoms with E-state index in [-0.39, 0.29) is 5.91 Å². The van der Waals surface area contributed by atoms with E-state index < -0.39 is 0 Å². The summed E-state index contributed by atoms with van der Waals surface area (Å²) in [5, 5.41) is 0. The maximum absolute atomic E-state index is 13.0. The van der Waals surface area contributed by atoms with Crippen LogP contribution in [0, 0.1) is 0 Å². The molecule has 2 aliphatic heterocycles. The van der Waals surface area contributed by atoms with Gasteiger partial charge in [0.2, 0.25) is 0 Å². The molecule has 2 heterocycles. The predicted molar refractivity (Wildman–Crippen MR) is 147 cm³/mol. The van der Waals surface area contributed by atoms with Gasteiger partial charge < -0.3 is 4.90 Å². The van der Waals surface area contributed by atoms with Crippen molar-refractivity contribution >= 4 is 46.0 Å². The van der Waals surface area contributed by atoms with E-state index in [0.717, 1.165) is 34.3 Å². The number of carbonyl (C=O) groups is 1. The summed E-state index contributed by atoms with van der Waals surface area (Å²) in [5.74, 6) is 0.758. The largest absolute Gasteiger partial charge is 0.368 e. The number of rotatable bonds is 12. The number of thioether (sulfide) groups is 1. The van der Waals surface area contributed by atoms with E-state index in [9.17, 15) is 4.79 Å². The van der Waals surface area contributed by atoms with Crippen molar-refractivity contribution in [1.82, 2.24) is 4.90 Å². The topological polar surface area (TPSA) is 23.6 Å². The lowest BCUT2D eigenvalue weighted by atomic mass is 9.96. The van der Waals surface area contributed by atoms with Crippen molar-refractivity contribution in [2.75, 3.05) is 18.0 Å². The maximum Gasteiger partial charge on any atom is 0.266 e. The standard InChI is InChI=1S/C28H40N2OS2/c1-3-5-6-7-8-9-10-11-12-18-30-27(31)26(33-28(30)32)20-21-16-17-25-23(19-21)22-14-13-15-24(22)29(25)4-2/h16-17,19-20,22,24H,3-15,18H2,1-2H3/b26-20+. The molecule has 1 amide bonds. The molecule has 3 nitrogen and oxygen atoms in total. The van der Waals surface area contributed by atoms with Gasteiger partial charge in [-0.25, -0.2) is 0 Å². The van der Waals surface area contributed by atoms with E-state index in [0.29, 0.717) is 12.0 Å². The summed E-state index contributed by atoms with van der Waals surface area (Å²) in [6.07, 6.45) is 17.6. The Kier molecular flexibility index (Phi) is 8.92. The second-order valence-electron chi connectivity index (χ2n) is 9.87. The number of likely N-dealkylation sites (N-methyl/N-ethyl adjacent to an activating group) is 1. The van der Waals surface area contributed by atoms with Crippen LogP contribution in [0.4, 0.5) is 5.69 Å². The van der Waals surface area contributed by atoms with Gasteiger partial charge in [0.05, 0.1) is 4.91 Å². The highest BCUT2D eigenvalue weighted by molar-refractivity contribution is 8.26. The summed E-state index contributed by atoms with van der Waals surface area (Å²) >= 11 is 7.04. The molecule has 1 aromatic carbocycles. The van der Waals surface area contributed by atoms with Crippen LogP contribution in [0.2, 0.25) is 0 Å². The number of nitrogens with zero attached hydrogens (tertiary/aromatic N) is 2. The fourth-order valence-electron chi connectivity index (χ4n) is 5.91. The van der Waals surface area contributed by atoms with Crippen molar-refractivity contribution in [3.8, 4) is 0 Å². The molecule has 2 atom stereocenters. The molecule has 0 bridgehead atoms. The first-order valence-electron chi connectivity index (χ1n) is 13.3. The molecular formula is C28H40N2OS2. The number of fused-ring (bicyclic) bond motifs is 3. The van der Waals surface area contributed by atoms with Crippen LogP contribution in [-0.4, -0.2) is 34.3 Å². The summed E-state index contributed by atoms with van der Waals surface area (Å²) in [6, 6.07) is 7.46. The minimum atomic E-state index is 0.0963. The molecule has 1 aromatic rings. The molecule has 5 heteroatoms. The van der Waals surface area contributed by atoms with Gasteiger partial charge in [-0.2, -0.15) is 0 Å². The van der Waals surface area contributed by atoms with Gasteiger partial charge >= 0.3 is 0 Å². The third kappa shape index (κ3) is 5.67. The molecule has 1 saturated carbocycles. The first-order valence-corrected chi connectivity index (χ1v) is 14.5. The zero-order valence-electron chi connectivity index (χ0n) is 20.5. The zero-order valence-corrected chi connectivity index (χ0v) is 22.1. The van der Waals surface area contributed by atoms with Gasteiger partial charge in [0, 0.05) is 30.7 Å². The number of amides is 1. The van der Waals surface area contributed by atoms with Crippen LogP contribution < -0.4 is 4.90 Å². The van der Waals surface area contributed by atoms with Gasteiger partial charge in [0.25, 0.3) is 5.91 Å². The average Bonchev–Trinajstić information content (AvgIpc) is 3.47. The lowest BCUT2D eigenvalue weighted by molar-refractivity contribution is -0.122. The van der Waals surface area contributed by atoms with Crippen molar-refractivity contribution < 1.29 is 4.79 Å². The smallest absolute Gasteiger partial charge is 0.266 e. The quantitative estimate of drug-likeness (QED) is 0.171. The third-order valence-electron chi connectivity index (χ3n) is 7.64. The molecule has 4 rings (SSSR count). The number of anilines is 1. The van der Waals surface area contributed by atoms with Crippen LogP contribution in [0.25, 0.3) is 6.08 Å². The lowest BCUT2D eigenvalue weighted by Crippen LogP contribution is -2.30. The van der Waals surface area contributed by atoms with Gasteiger partial charge in [-0.15, -0.1) is 0 Å². The summed E-state index contributed by atoms with van der Waals surface area (Å²) in [6.45, 7) is 6.36. The Bertz CT molecular complexity index is 881. The zero-order chi connectivity index (χ0) is 23.2. The molecule has 2 fully saturated rings. The van der Waals surface area contributed by atoms with Crippen LogP contribution in [0.1, 0.15) is 108 Å². The molecule has 3 aliphatic rings. The molecule has 1 aliphatic carbocycles. The highest BCUT2D eigenvalue weighted by Crippen LogP contribution is 2.49. The van der Waals surface area contributed by atoms with E-state index >= 15 is 0 Å². The number of benzene rings is 1. The molecule has 1 saturated heterocycles. The van der Waals surface area contributed by atoms with Gasteiger partial charge in [0.15, 0.2) is 0 Å². The van der Waals surface area contributed by atoms with Crippen LogP contribution in [0.5, 0.6) is 0 Å². The summed E-state index contributed by atoms with van der Waals surface area (Å²) in [7, 11) is 0. The van der Waals surface area contributed by atoms with Gasteiger partial charge in [-0.3, -0.25) is 9.69 Å². The Morgan fingerprint density at radius 3 is 2.48 bits per heavy atom.